The predicted molar refractivity (Wildman–Crippen MR) is 101 cm³/mol. The van der Waals surface area contributed by atoms with Crippen LogP contribution in [0.2, 0.25) is 16.6 Å². The van der Waals surface area contributed by atoms with Crippen LogP contribution in [0, 0.1) is 0 Å². The van der Waals surface area contributed by atoms with Gasteiger partial charge in [-0.25, -0.2) is 4.79 Å². The first-order chi connectivity index (χ1) is 10.7. The smallest absolute Gasteiger partial charge is 0.333 e. The minimum absolute atomic E-state index is 0.279. The van der Waals surface area contributed by atoms with Crippen LogP contribution in [0.25, 0.3) is 0 Å². The normalized spacial score (nSPS) is 12.4. The molecule has 0 N–H and O–H groups in total. The van der Waals surface area contributed by atoms with E-state index in [1.54, 1.807) is 6.92 Å². The van der Waals surface area contributed by atoms with Gasteiger partial charge < -0.3 is 9.16 Å². The number of allylic oxidation sites excluding steroid dienone is 1. The summed E-state index contributed by atoms with van der Waals surface area (Å²) in [6.07, 6.45) is 6.42. The molecule has 0 fully saturated rings. The fourth-order valence-corrected chi connectivity index (χ4v) is 8.56. The molecule has 0 amide bonds. The van der Waals surface area contributed by atoms with Crippen LogP contribution < -0.4 is 0 Å². The third kappa shape index (κ3) is 6.54. The van der Waals surface area contributed by atoms with Crippen molar-refractivity contribution < 1.29 is 14.0 Å². The molecule has 0 rings (SSSR count). The van der Waals surface area contributed by atoms with Crippen molar-refractivity contribution in [3.8, 4) is 0 Å². The first kappa shape index (κ1) is 22.0. The van der Waals surface area contributed by atoms with Gasteiger partial charge in [0.15, 0.2) is 0 Å². The molecule has 0 bridgehead atoms. The third-order valence-electron chi connectivity index (χ3n) is 4.49. The maximum absolute atomic E-state index is 11.5. The largest absolute Gasteiger partial charge is 0.548 e. The molecule has 0 aliphatic carbocycles. The van der Waals surface area contributed by atoms with Gasteiger partial charge in [0.1, 0.15) is 0 Å². The van der Waals surface area contributed by atoms with E-state index in [4.69, 9.17) is 9.16 Å². The number of carbonyl (C=O) groups is 1. The maximum Gasteiger partial charge on any atom is 0.333 e. The van der Waals surface area contributed by atoms with Gasteiger partial charge >= 0.3 is 5.97 Å². The average Bonchev–Trinajstić information content (AvgIpc) is 2.45. The molecular formula is C19H36O3Si. The summed E-state index contributed by atoms with van der Waals surface area (Å²) in [7, 11) is -1.82. The molecule has 0 unspecified atom stereocenters. The Hall–Kier alpha value is -1.03. The van der Waals surface area contributed by atoms with Gasteiger partial charge in [0, 0.05) is 5.57 Å². The van der Waals surface area contributed by atoms with E-state index < -0.39 is 8.32 Å². The topological polar surface area (TPSA) is 35.5 Å². The number of esters is 1. The molecule has 4 heteroatoms. The molecule has 0 aliphatic heterocycles. The molecule has 0 aromatic rings. The van der Waals surface area contributed by atoms with E-state index in [1.807, 2.05) is 6.26 Å². The summed E-state index contributed by atoms with van der Waals surface area (Å²) in [5.41, 5.74) is 2.29. The molecule has 0 radical (unpaired) electrons. The van der Waals surface area contributed by atoms with Gasteiger partial charge in [-0.15, -0.1) is 0 Å². The SMILES string of the molecule is C=C(CCC/C=C/O[Si](C(C)C)(C(C)C)C(C)C)C(=O)OCC. The van der Waals surface area contributed by atoms with E-state index in [1.165, 1.54) is 0 Å². The molecule has 0 atom stereocenters. The van der Waals surface area contributed by atoms with Crippen molar-refractivity contribution in [2.24, 2.45) is 0 Å². The lowest BCUT2D eigenvalue weighted by molar-refractivity contribution is -0.138. The van der Waals surface area contributed by atoms with Crippen molar-refractivity contribution in [2.75, 3.05) is 6.61 Å². The van der Waals surface area contributed by atoms with Crippen molar-refractivity contribution in [3.05, 3.63) is 24.5 Å². The zero-order valence-electron chi connectivity index (χ0n) is 16.1. The second-order valence-corrected chi connectivity index (χ2v) is 12.4. The molecule has 0 aromatic heterocycles. The third-order valence-corrected chi connectivity index (χ3v) is 10.4. The van der Waals surface area contributed by atoms with Crippen LogP contribution >= 0.6 is 0 Å². The fourth-order valence-electron chi connectivity index (χ4n) is 3.41. The molecule has 0 spiro atoms. The quantitative estimate of drug-likeness (QED) is 0.152. The monoisotopic (exact) mass is 340 g/mol. The molecule has 0 aromatic carbocycles. The zero-order chi connectivity index (χ0) is 18.0. The lowest BCUT2D eigenvalue weighted by atomic mass is 10.1. The Bertz CT molecular complexity index is 376. The van der Waals surface area contributed by atoms with Gasteiger partial charge in [0.2, 0.25) is 0 Å². The van der Waals surface area contributed by atoms with Crippen molar-refractivity contribution in [1.82, 2.24) is 0 Å². The van der Waals surface area contributed by atoms with E-state index in [0.29, 0.717) is 35.2 Å². The zero-order valence-corrected chi connectivity index (χ0v) is 17.1. The Morgan fingerprint density at radius 2 is 1.61 bits per heavy atom. The van der Waals surface area contributed by atoms with E-state index >= 15 is 0 Å². The van der Waals surface area contributed by atoms with Crippen molar-refractivity contribution >= 4 is 14.3 Å². The van der Waals surface area contributed by atoms with Crippen LogP contribution in [0.1, 0.15) is 67.7 Å². The van der Waals surface area contributed by atoms with Crippen LogP contribution in [-0.4, -0.2) is 20.9 Å². The number of hydrogen-bond donors (Lipinski definition) is 0. The van der Waals surface area contributed by atoms with Crippen LogP contribution in [0.3, 0.4) is 0 Å². The van der Waals surface area contributed by atoms with Crippen LogP contribution in [0.4, 0.5) is 0 Å². The van der Waals surface area contributed by atoms with Crippen LogP contribution in [-0.2, 0) is 14.0 Å². The summed E-state index contributed by atoms with van der Waals surface area (Å²) < 4.78 is 11.3. The Labute approximate surface area is 144 Å². The minimum Gasteiger partial charge on any atom is -0.548 e. The maximum atomic E-state index is 11.5. The Kier molecular flexibility index (Phi) is 10.2. The van der Waals surface area contributed by atoms with Crippen molar-refractivity contribution in [2.45, 2.75) is 84.4 Å². The second kappa shape index (κ2) is 10.7. The van der Waals surface area contributed by atoms with Gasteiger partial charge in [-0.05, 0) is 42.8 Å². The molecule has 0 heterocycles. The van der Waals surface area contributed by atoms with E-state index in [0.717, 1.165) is 12.8 Å². The van der Waals surface area contributed by atoms with Gasteiger partial charge in [0.05, 0.1) is 12.9 Å². The summed E-state index contributed by atoms with van der Waals surface area (Å²) in [6.45, 7) is 19.7. The summed E-state index contributed by atoms with van der Waals surface area (Å²) in [4.78, 5) is 11.5. The van der Waals surface area contributed by atoms with Gasteiger partial charge in [-0.3, -0.25) is 0 Å². The van der Waals surface area contributed by atoms with Gasteiger partial charge in [0.25, 0.3) is 8.32 Å². The summed E-state index contributed by atoms with van der Waals surface area (Å²) in [6, 6.07) is 0. The molecule has 0 aliphatic rings. The van der Waals surface area contributed by atoms with E-state index in [2.05, 4.69) is 54.2 Å². The summed E-state index contributed by atoms with van der Waals surface area (Å²) in [5.74, 6) is -0.279. The first-order valence-corrected chi connectivity index (χ1v) is 11.0. The van der Waals surface area contributed by atoms with Gasteiger partial charge in [-0.2, -0.15) is 0 Å². The highest BCUT2D eigenvalue weighted by Crippen LogP contribution is 2.42. The van der Waals surface area contributed by atoms with Gasteiger partial charge in [-0.1, -0.05) is 54.2 Å². The van der Waals surface area contributed by atoms with Crippen molar-refractivity contribution in [1.29, 1.82) is 0 Å². The number of carbonyl (C=O) groups excluding carboxylic acids is 1. The average molecular weight is 341 g/mol. The number of hydrogen-bond acceptors (Lipinski definition) is 3. The highest BCUT2D eigenvalue weighted by atomic mass is 28.4. The van der Waals surface area contributed by atoms with Crippen LogP contribution in [0.5, 0.6) is 0 Å². The highest BCUT2D eigenvalue weighted by molar-refractivity contribution is 6.77. The molecule has 0 saturated carbocycles. The Balaban J connectivity index is 4.41. The fraction of sp³-hybridized carbons (Fsp3) is 0.737. The summed E-state index contributed by atoms with van der Waals surface area (Å²) >= 11 is 0. The Morgan fingerprint density at radius 3 is 2.04 bits per heavy atom. The first-order valence-electron chi connectivity index (χ1n) is 8.87. The lowest BCUT2D eigenvalue weighted by Gasteiger charge is -2.41. The predicted octanol–water partition coefficient (Wildman–Crippen LogP) is 5.98. The van der Waals surface area contributed by atoms with E-state index in [9.17, 15) is 4.79 Å². The van der Waals surface area contributed by atoms with E-state index in [-0.39, 0.29) is 5.97 Å². The number of unbranched alkanes of at least 4 members (excludes halogenated alkanes) is 1. The number of rotatable bonds is 11. The highest BCUT2D eigenvalue weighted by Gasteiger charge is 2.46. The second-order valence-electron chi connectivity index (χ2n) is 7.02. The molecule has 134 valence electrons. The molecule has 0 saturated heterocycles. The summed E-state index contributed by atoms with van der Waals surface area (Å²) in [5, 5.41) is 0. The lowest BCUT2D eigenvalue weighted by Crippen LogP contribution is -2.46. The Morgan fingerprint density at radius 1 is 1.09 bits per heavy atom. The standard InChI is InChI=1S/C19H36O3Si/c1-9-21-19(20)18(8)13-11-10-12-14-22-23(15(2)3,16(4)5)17(6)7/h12,14-17H,8-11,13H2,1-7H3/b14-12+. The molecule has 23 heavy (non-hydrogen) atoms. The number of ether oxygens (including phenoxy) is 1. The van der Waals surface area contributed by atoms with Crippen molar-refractivity contribution in [3.63, 3.8) is 0 Å². The van der Waals surface area contributed by atoms with Crippen LogP contribution in [0.15, 0.2) is 24.5 Å². The molecule has 3 nitrogen and oxygen atoms in total. The minimum atomic E-state index is -1.82. The molecular weight excluding hydrogens is 304 g/mol.